The first kappa shape index (κ1) is 15.9. The first-order valence-electron chi connectivity index (χ1n) is 8.88. The molecule has 4 rings (SSSR count). The highest BCUT2D eigenvalue weighted by Gasteiger charge is 2.48. The molecule has 1 aliphatic heterocycles. The molecule has 2 aromatic rings. The molecule has 25 heavy (non-hydrogen) atoms. The van der Waals surface area contributed by atoms with Crippen molar-refractivity contribution in [1.29, 1.82) is 0 Å². The second kappa shape index (κ2) is 6.39. The van der Waals surface area contributed by atoms with Gasteiger partial charge in [-0.1, -0.05) is 36.8 Å². The number of rotatable bonds is 3. The van der Waals surface area contributed by atoms with Crippen molar-refractivity contribution in [3.8, 4) is 0 Å². The summed E-state index contributed by atoms with van der Waals surface area (Å²) in [5, 5.41) is 0. The maximum Gasteiger partial charge on any atom is 0.289 e. The molecule has 2 aliphatic rings. The Balaban J connectivity index is 1.44. The molecule has 0 atom stereocenters. The summed E-state index contributed by atoms with van der Waals surface area (Å²) in [6.45, 7) is 2.27. The number of hydrogen-bond acceptors (Lipinski definition) is 3. The standard InChI is InChI=1S/C20H22N2O3/c23-18(17-8-4-15-25-17)21-11-13-22(14-12-21)19(24)20(9-5-10-20)16-6-2-1-3-7-16/h1-4,6-8,15H,5,9-14H2. The second-order valence-corrected chi connectivity index (χ2v) is 6.86. The molecule has 0 spiro atoms. The van der Waals surface area contributed by atoms with Crippen LogP contribution >= 0.6 is 0 Å². The van der Waals surface area contributed by atoms with Gasteiger partial charge in [-0.2, -0.15) is 0 Å². The number of furan rings is 1. The lowest BCUT2D eigenvalue weighted by Crippen LogP contribution is -2.57. The van der Waals surface area contributed by atoms with Gasteiger partial charge in [-0.3, -0.25) is 9.59 Å². The molecule has 1 saturated heterocycles. The first-order valence-corrected chi connectivity index (χ1v) is 8.88. The van der Waals surface area contributed by atoms with E-state index in [4.69, 9.17) is 4.42 Å². The lowest BCUT2D eigenvalue weighted by atomic mass is 9.63. The summed E-state index contributed by atoms with van der Waals surface area (Å²) in [6, 6.07) is 13.5. The van der Waals surface area contributed by atoms with Crippen LogP contribution < -0.4 is 0 Å². The van der Waals surface area contributed by atoms with Crippen LogP contribution in [0.4, 0.5) is 0 Å². The van der Waals surface area contributed by atoms with Gasteiger partial charge in [0.25, 0.3) is 5.91 Å². The molecule has 1 aromatic carbocycles. The molecule has 2 fully saturated rings. The Hall–Kier alpha value is -2.56. The maximum absolute atomic E-state index is 13.2. The van der Waals surface area contributed by atoms with Crippen molar-refractivity contribution in [2.75, 3.05) is 26.2 Å². The molecule has 0 bridgehead atoms. The second-order valence-electron chi connectivity index (χ2n) is 6.86. The zero-order valence-electron chi connectivity index (χ0n) is 14.2. The third-order valence-electron chi connectivity index (χ3n) is 5.53. The number of carbonyl (C=O) groups is 2. The van der Waals surface area contributed by atoms with Gasteiger partial charge < -0.3 is 14.2 Å². The molecule has 5 heteroatoms. The molecule has 2 amide bonds. The van der Waals surface area contributed by atoms with Gasteiger partial charge in [0.1, 0.15) is 0 Å². The minimum absolute atomic E-state index is 0.0986. The van der Waals surface area contributed by atoms with Crippen molar-refractivity contribution in [3.63, 3.8) is 0 Å². The van der Waals surface area contributed by atoms with Crippen molar-refractivity contribution >= 4 is 11.8 Å². The van der Waals surface area contributed by atoms with E-state index < -0.39 is 0 Å². The van der Waals surface area contributed by atoms with Crippen LogP contribution in [0.2, 0.25) is 0 Å². The van der Waals surface area contributed by atoms with Crippen LogP contribution in [0.1, 0.15) is 35.4 Å². The van der Waals surface area contributed by atoms with E-state index in [-0.39, 0.29) is 17.2 Å². The summed E-state index contributed by atoms with van der Waals surface area (Å²) < 4.78 is 5.19. The van der Waals surface area contributed by atoms with Gasteiger partial charge in [0.05, 0.1) is 11.7 Å². The maximum atomic E-state index is 13.2. The first-order chi connectivity index (χ1) is 12.2. The molecule has 130 valence electrons. The Labute approximate surface area is 147 Å². The average molecular weight is 338 g/mol. The SMILES string of the molecule is O=C(c1ccco1)N1CCN(C(=O)C2(c3ccccc3)CCC2)CC1. The summed E-state index contributed by atoms with van der Waals surface area (Å²) >= 11 is 0. The lowest BCUT2D eigenvalue weighted by molar-refractivity contribution is -0.142. The molecule has 0 radical (unpaired) electrons. The van der Waals surface area contributed by atoms with Gasteiger partial charge in [0.15, 0.2) is 5.76 Å². The predicted octanol–water partition coefficient (Wildman–Crippen LogP) is 2.69. The van der Waals surface area contributed by atoms with E-state index in [1.54, 1.807) is 17.0 Å². The minimum Gasteiger partial charge on any atom is -0.459 e. The van der Waals surface area contributed by atoms with Crippen molar-refractivity contribution in [2.24, 2.45) is 0 Å². The van der Waals surface area contributed by atoms with Gasteiger partial charge in [0, 0.05) is 26.2 Å². The Kier molecular flexibility index (Phi) is 4.07. The third-order valence-corrected chi connectivity index (χ3v) is 5.53. The molecule has 1 aromatic heterocycles. The fourth-order valence-corrected chi connectivity index (χ4v) is 3.88. The molecule has 0 N–H and O–H groups in total. The molecule has 1 aliphatic carbocycles. The fraction of sp³-hybridized carbons (Fsp3) is 0.400. The van der Waals surface area contributed by atoms with E-state index in [1.807, 2.05) is 23.1 Å². The van der Waals surface area contributed by atoms with Crippen LogP contribution in [0.15, 0.2) is 53.1 Å². The highest BCUT2D eigenvalue weighted by atomic mass is 16.3. The van der Waals surface area contributed by atoms with E-state index in [1.165, 1.54) is 6.26 Å². The van der Waals surface area contributed by atoms with Crippen LogP contribution in [-0.2, 0) is 10.2 Å². The van der Waals surface area contributed by atoms with Crippen LogP contribution in [0, 0.1) is 0 Å². The van der Waals surface area contributed by atoms with Gasteiger partial charge in [-0.25, -0.2) is 0 Å². The Morgan fingerprint density at radius 2 is 1.56 bits per heavy atom. The number of hydrogen-bond donors (Lipinski definition) is 0. The van der Waals surface area contributed by atoms with Crippen molar-refractivity contribution in [3.05, 3.63) is 60.1 Å². The Morgan fingerprint density at radius 3 is 2.12 bits per heavy atom. The van der Waals surface area contributed by atoms with E-state index >= 15 is 0 Å². The summed E-state index contributed by atoms with van der Waals surface area (Å²) in [5.41, 5.74) is 0.773. The van der Waals surface area contributed by atoms with Crippen molar-refractivity contribution in [2.45, 2.75) is 24.7 Å². The number of carbonyl (C=O) groups excluding carboxylic acids is 2. The third kappa shape index (κ3) is 2.73. The lowest BCUT2D eigenvalue weighted by Gasteiger charge is -2.46. The monoisotopic (exact) mass is 338 g/mol. The molecule has 0 unspecified atom stereocenters. The van der Waals surface area contributed by atoms with E-state index in [2.05, 4.69) is 12.1 Å². The largest absolute Gasteiger partial charge is 0.459 e. The average Bonchev–Trinajstić information content (AvgIpc) is 3.16. The van der Waals surface area contributed by atoms with Crippen molar-refractivity contribution < 1.29 is 14.0 Å². The summed E-state index contributed by atoms with van der Waals surface area (Å²) in [4.78, 5) is 29.3. The Bertz CT molecular complexity index is 743. The normalized spacial score (nSPS) is 19.4. The van der Waals surface area contributed by atoms with E-state index in [9.17, 15) is 9.59 Å². The highest BCUT2D eigenvalue weighted by Crippen LogP contribution is 2.45. The number of piperazine rings is 1. The van der Waals surface area contributed by atoms with Crippen LogP contribution in [0.5, 0.6) is 0 Å². The number of benzene rings is 1. The minimum atomic E-state index is -0.353. The topological polar surface area (TPSA) is 53.8 Å². The van der Waals surface area contributed by atoms with E-state index in [0.717, 1.165) is 24.8 Å². The highest BCUT2D eigenvalue weighted by molar-refractivity contribution is 5.92. The zero-order chi connectivity index (χ0) is 17.3. The van der Waals surface area contributed by atoms with Gasteiger partial charge >= 0.3 is 0 Å². The molecular formula is C20H22N2O3. The van der Waals surface area contributed by atoms with Gasteiger partial charge in [-0.05, 0) is 30.5 Å². The quantitative estimate of drug-likeness (QED) is 0.865. The molecular weight excluding hydrogens is 316 g/mol. The Morgan fingerprint density at radius 1 is 0.880 bits per heavy atom. The van der Waals surface area contributed by atoms with Gasteiger partial charge in [-0.15, -0.1) is 0 Å². The summed E-state index contributed by atoms with van der Waals surface area (Å²) in [6.07, 6.45) is 4.44. The predicted molar refractivity (Wildman–Crippen MR) is 93.2 cm³/mol. The van der Waals surface area contributed by atoms with Crippen LogP contribution in [0.3, 0.4) is 0 Å². The zero-order valence-corrected chi connectivity index (χ0v) is 14.2. The molecule has 1 saturated carbocycles. The summed E-state index contributed by atoms with van der Waals surface area (Å²) in [5.74, 6) is 0.480. The van der Waals surface area contributed by atoms with Crippen molar-refractivity contribution in [1.82, 2.24) is 9.80 Å². The van der Waals surface area contributed by atoms with E-state index in [0.29, 0.717) is 31.9 Å². The van der Waals surface area contributed by atoms with Gasteiger partial charge in [0.2, 0.25) is 5.91 Å². The molecule has 2 heterocycles. The fourth-order valence-electron chi connectivity index (χ4n) is 3.88. The summed E-state index contributed by atoms with van der Waals surface area (Å²) in [7, 11) is 0. The van der Waals surface area contributed by atoms with Crippen LogP contribution in [-0.4, -0.2) is 47.8 Å². The van der Waals surface area contributed by atoms with Crippen LogP contribution in [0.25, 0.3) is 0 Å². The smallest absolute Gasteiger partial charge is 0.289 e. The molecule has 5 nitrogen and oxygen atoms in total. The number of nitrogens with zero attached hydrogens (tertiary/aromatic N) is 2. The number of amides is 2.